The van der Waals surface area contributed by atoms with Gasteiger partial charge in [0.05, 0.1) is 5.56 Å². The van der Waals surface area contributed by atoms with Crippen molar-refractivity contribution < 1.29 is 9.53 Å². The van der Waals surface area contributed by atoms with Gasteiger partial charge in [0.2, 0.25) is 0 Å². The SMILES string of the molecule is CC1CCCCC1Oc1cc(Cl)ccc1C=O. The lowest BCUT2D eigenvalue weighted by molar-refractivity contribution is 0.0986. The van der Waals surface area contributed by atoms with Crippen LogP contribution in [0.2, 0.25) is 5.02 Å². The van der Waals surface area contributed by atoms with Gasteiger partial charge in [-0.25, -0.2) is 0 Å². The lowest BCUT2D eigenvalue weighted by atomic mass is 9.88. The molecule has 0 heterocycles. The van der Waals surface area contributed by atoms with E-state index in [1.165, 1.54) is 19.3 Å². The Morgan fingerprint density at radius 2 is 2.12 bits per heavy atom. The number of aldehydes is 1. The third-order valence-electron chi connectivity index (χ3n) is 3.41. The number of carbonyl (C=O) groups is 1. The molecule has 0 radical (unpaired) electrons. The fourth-order valence-electron chi connectivity index (χ4n) is 2.33. The van der Waals surface area contributed by atoms with E-state index < -0.39 is 0 Å². The Balaban J connectivity index is 2.16. The third-order valence-corrected chi connectivity index (χ3v) is 3.65. The van der Waals surface area contributed by atoms with Gasteiger partial charge in [-0.15, -0.1) is 0 Å². The second-order valence-corrected chi connectivity index (χ2v) is 5.15. The standard InChI is InChI=1S/C14H17ClO2/c1-10-4-2-3-5-13(10)17-14-8-12(15)7-6-11(14)9-16/h6-10,13H,2-5H2,1H3. The topological polar surface area (TPSA) is 26.3 Å². The number of rotatable bonds is 3. The smallest absolute Gasteiger partial charge is 0.153 e. The average molecular weight is 253 g/mol. The van der Waals surface area contributed by atoms with Crippen molar-refractivity contribution in [3.05, 3.63) is 28.8 Å². The summed E-state index contributed by atoms with van der Waals surface area (Å²) in [5.41, 5.74) is 0.576. The van der Waals surface area contributed by atoms with Gasteiger partial charge >= 0.3 is 0 Å². The Hall–Kier alpha value is -1.02. The molecule has 17 heavy (non-hydrogen) atoms. The Kier molecular flexibility index (Phi) is 4.06. The summed E-state index contributed by atoms with van der Waals surface area (Å²) in [4.78, 5) is 10.9. The Morgan fingerprint density at radius 3 is 2.82 bits per heavy atom. The van der Waals surface area contributed by atoms with E-state index >= 15 is 0 Å². The van der Waals surface area contributed by atoms with E-state index in [0.717, 1.165) is 12.7 Å². The summed E-state index contributed by atoms with van der Waals surface area (Å²) in [7, 11) is 0. The molecule has 92 valence electrons. The van der Waals surface area contributed by atoms with Gasteiger partial charge in [-0.05, 0) is 43.4 Å². The number of hydrogen-bond acceptors (Lipinski definition) is 2. The van der Waals surface area contributed by atoms with Gasteiger partial charge < -0.3 is 4.74 Å². The highest BCUT2D eigenvalue weighted by molar-refractivity contribution is 6.30. The maximum absolute atomic E-state index is 10.9. The molecule has 1 aromatic rings. The highest BCUT2D eigenvalue weighted by atomic mass is 35.5. The second-order valence-electron chi connectivity index (χ2n) is 4.72. The molecular weight excluding hydrogens is 236 g/mol. The molecule has 0 aromatic heterocycles. The summed E-state index contributed by atoms with van der Waals surface area (Å²) in [6, 6.07) is 5.15. The Bertz CT molecular complexity index is 403. The first kappa shape index (κ1) is 12.4. The van der Waals surface area contributed by atoms with Crippen LogP contribution in [0.5, 0.6) is 5.75 Å². The zero-order valence-electron chi connectivity index (χ0n) is 9.99. The van der Waals surface area contributed by atoms with Crippen LogP contribution in [0.4, 0.5) is 0 Å². The van der Waals surface area contributed by atoms with Gasteiger partial charge in [-0.1, -0.05) is 24.9 Å². The number of benzene rings is 1. The highest BCUT2D eigenvalue weighted by Crippen LogP contribution is 2.30. The predicted molar refractivity (Wildman–Crippen MR) is 68.9 cm³/mol. The highest BCUT2D eigenvalue weighted by Gasteiger charge is 2.23. The molecule has 0 amide bonds. The second kappa shape index (κ2) is 5.54. The molecule has 2 atom stereocenters. The summed E-state index contributed by atoms with van der Waals surface area (Å²) < 4.78 is 5.95. The number of carbonyl (C=O) groups excluding carboxylic acids is 1. The average Bonchev–Trinajstić information content (AvgIpc) is 2.32. The minimum Gasteiger partial charge on any atom is -0.489 e. The van der Waals surface area contributed by atoms with Crippen LogP contribution < -0.4 is 4.74 Å². The molecule has 0 bridgehead atoms. The first-order chi connectivity index (χ1) is 8.20. The van der Waals surface area contributed by atoms with E-state index in [4.69, 9.17) is 16.3 Å². The normalized spacial score (nSPS) is 24.4. The van der Waals surface area contributed by atoms with Gasteiger partial charge in [0.15, 0.2) is 6.29 Å². The van der Waals surface area contributed by atoms with Crippen molar-refractivity contribution in [1.29, 1.82) is 0 Å². The lowest BCUT2D eigenvalue weighted by Gasteiger charge is -2.29. The largest absolute Gasteiger partial charge is 0.489 e. The van der Waals surface area contributed by atoms with Crippen molar-refractivity contribution >= 4 is 17.9 Å². The van der Waals surface area contributed by atoms with Gasteiger partial charge in [0, 0.05) is 5.02 Å². The first-order valence-electron chi connectivity index (χ1n) is 6.12. The molecule has 0 N–H and O–H groups in total. The Morgan fingerprint density at radius 1 is 1.35 bits per heavy atom. The molecule has 2 nitrogen and oxygen atoms in total. The summed E-state index contributed by atoms with van der Waals surface area (Å²) in [6.07, 6.45) is 5.76. The molecular formula is C14H17ClO2. The van der Waals surface area contributed by atoms with E-state index in [1.54, 1.807) is 18.2 Å². The monoisotopic (exact) mass is 252 g/mol. The molecule has 0 saturated heterocycles. The maximum atomic E-state index is 10.9. The summed E-state index contributed by atoms with van der Waals surface area (Å²) >= 11 is 5.93. The van der Waals surface area contributed by atoms with Crippen molar-refractivity contribution in [1.82, 2.24) is 0 Å². The predicted octanol–water partition coefficient (Wildman–Crippen LogP) is 4.11. The van der Waals surface area contributed by atoms with Crippen LogP contribution in [0.25, 0.3) is 0 Å². The summed E-state index contributed by atoms with van der Waals surface area (Å²) in [6.45, 7) is 2.20. The zero-order valence-corrected chi connectivity index (χ0v) is 10.7. The summed E-state index contributed by atoms with van der Waals surface area (Å²) in [5, 5.41) is 0.606. The van der Waals surface area contributed by atoms with Gasteiger partial charge in [0.1, 0.15) is 11.9 Å². The number of halogens is 1. The molecule has 0 aliphatic heterocycles. The van der Waals surface area contributed by atoms with E-state index in [-0.39, 0.29) is 6.10 Å². The van der Waals surface area contributed by atoms with E-state index in [0.29, 0.717) is 22.3 Å². The molecule has 0 spiro atoms. The molecule has 1 aromatic carbocycles. The van der Waals surface area contributed by atoms with Gasteiger partial charge in [-0.2, -0.15) is 0 Å². The lowest BCUT2D eigenvalue weighted by Crippen LogP contribution is -2.28. The van der Waals surface area contributed by atoms with Crippen molar-refractivity contribution in [3.63, 3.8) is 0 Å². The molecule has 1 aliphatic rings. The molecule has 1 saturated carbocycles. The van der Waals surface area contributed by atoms with Crippen molar-refractivity contribution in [3.8, 4) is 5.75 Å². The number of hydrogen-bond donors (Lipinski definition) is 0. The van der Waals surface area contributed by atoms with Crippen molar-refractivity contribution in [2.24, 2.45) is 5.92 Å². The van der Waals surface area contributed by atoms with Crippen molar-refractivity contribution in [2.45, 2.75) is 38.7 Å². The molecule has 3 heteroatoms. The van der Waals surface area contributed by atoms with Gasteiger partial charge in [0.25, 0.3) is 0 Å². The van der Waals surface area contributed by atoms with Crippen LogP contribution >= 0.6 is 11.6 Å². The van der Waals surface area contributed by atoms with Crippen LogP contribution in [0.1, 0.15) is 43.0 Å². The van der Waals surface area contributed by atoms with E-state index in [9.17, 15) is 4.79 Å². The first-order valence-corrected chi connectivity index (χ1v) is 6.50. The van der Waals surface area contributed by atoms with Crippen LogP contribution in [0, 0.1) is 5.92 Å². The fourth-order valence-corrected chi connectivity index (χ4v) is 2.49. The molecule has 1 aliphatic carbocycles. The van der Waals surface area contributed by atoms with Crippen molar-refractivity contribution in [2.75, 3.05) is 0 Å². The zero-order chi connectivity index (χ0) is 12.3. The van der Waals surface area contributed by atoms with Crippen LogP contribution in [0.15, 0.2) is 18.2 Å². The van der Waals surface area contributed by atoms with Crippen LogP contribution in [-0.2, 0) is 0 Å². The molecule has 1 fully saturated rings. The Labute approximate surface area is 107 Å². The van der Waals surface area contributed by atoms with Gasteiger partial charge in [-0.3, -0.25) is 4.79 Å². The molecule has 2 rings (SSSR count). The third kappa shape index (κ3) is 3.01. The minimum atomic E-state index is 0.209. The number of ether oxygens (including phenoxy) is 1. The van der Waals surface area contributed by atoms with E-state index in [2.05, 4.69) is 6.92 Å². The van der Waals surface area contributed by atoms with E-state index in [1.807, 2.05) is 0 Å². The fraction of sp³-hybridized carbons (Fsp3) is 0.500. The van der Waals surface area contributed by atoms with Crippen LogP contribution in [-0.4, -0.2) is 12.4 Å². The molecule has 2 unspecified atom stereocenters. The maximum Gasteiger partial charge on any atom is 0.153 e. The minimum absolute atomic E-state index is 0.209. The quantitative estimate of drug-likeness (QED) is 0.757. The van der Waals surface area contributed by atoms with Crippen LogP contribution in [0.3, 0.4) is 0 Å². The summed E-state index contributed by atoms with van der Waals surface area (Å²) in [5.74, 6) is 1.16.